The second-order valence-corrected chi connectivity index (χ2v) is 4.91. The van der Waals surface area contributed by atoms with E-state index < -0.39 is 0 Å². The van der Waals surface area contributed by atoms with E-state index in [1.165, 1.54) is 0 Å². The molecule has 5 heteroatoms. The molecule has 4 nitrogen and oxygen atoms in total. The Morgan fingerprint density at radius 3 is 2.42 bits per heavy atom. The van der Waals surface area contributed by atoms with Crippen LogP contribution in [0.1, 0.15) is 5.56 Å². The molecule has 0 fully saturated rings. The fourth-order valence-corrected chi connectivity index (χ4v) is 1.90. The molecule has 0 saturated carbocycles. The average Bonchev–Trinajstić information content (AvgIpc) is 2.42. The number of pyridine rings is 1. The van der Waals surface area contributed by atoms with E-state index in [0.717, 1.165) is 16.1 Å². The number of benzene rings is 1. The van der Waals surface area contributed by atoms with Crippen molar-refractivity contribution in [2.45, 2.75) is 11.8 Å². The van der Waals surface area contributed by atoms with Crippen LogP contribution in [0.5, 0.6) is 0 Å². The smallest absolute Gasteiger partial charge is 0.308 e. The van der Waals surface area contributed by atoms with Crippen LogP contribution in [-0.4, -0.2) is 17.3 Å². The number of rotatable bonds is 3. The van der Waals surface area contributed by atoms with Gasteiger partial charge in [-0.25, -0.2) is 9.78 Å². The number of aromatic nitrogens is 1. The van der Waals surface area contributed by atoms with E-state index in [0.29, 0.717) is 5.82 Å². The van der Waals surface area contributed by atoms with E-state index in [9.17, 15) is 4.79 Å². The molecule has 0 radical (unpaired) electrons. The highest BCUT2D eigenvalue weighted by Crippen LogP contribution is 2.17. The number of carbonyl (C=O) groups is 1. The summed E-state index contributed by atoms with van der Waals surface area (Å²) < 4.78 is 0. The Morgan fingerprint density at radius 2 is 1.84 bits per heavy atom. The van der Waals surface area contributed by atoms with Crippen molar-refractivity contribution in [3.8, 4) is 0 Å². The van der Waals surface area contributed by atoms with Crippen LogP contribution in [0, 0.1) is 6.92 Å². The summed E-state index contributed by atoms with van der Waals surface area (Å²) in [5, 5.41) is 5.44. The maximum atomic E-state index is 11.8. The maximum Gasteiger partial charge on any atom is 0.324 e. The van der Waals surface area contributed by atoms with Crippen molar-refractivity contribution < 1.29 is 4.79 Å². The standard InChI is InChI=1S/C14H15N3OS/c1-10-3-8-13(15-9-10)17-14(18)16-11-4-6-12(19-2)7-5-11/h3-9H,1-2H3,(H2,15,16,17,18). The Kier molecular flexibility index (Phi) is 4.41. The van der Waals surface area contributed by atoms with Crippen LogP contribution in [0.15, 0.2) is 47.5 Å². The zero-order valence-electron chi connectivity index (χ0n) is 10.8. The van der Waals surface area contributed by atoms with Crippen LogP contribution >= 0.6 is 11.8 Å². The predicted octanol–water partition coefficient (Wildman–Crippen LogP) is 3.76. The molecule has 2 N–H and O–H groups in total. The summed E-state index contributed by atoms with van der Waals surface area (Å²) in [6, 6.07) is 11.0. The molecule has 0 saturated heterocycles. The van der Waals surface area contributed by atoms with Crippen LogP contribution in [-0.2, 0) is 0 Å². The zero-order valence-corrected chi connectivity index (χ0v) is 11.6. The van der Waals surface area contributed by atoms with Crippen LogP contribution < -0.4 is 10.6 Å². The highest BCUT2D eigenvalue weighted by atomic mass is 32.2. The summed E-state index contributed by atoms with van der Waals surface area (Å²) in [5.74, 6) is 0.531. The number of nitrogens with zero attached hydrogens (tertiary/aromatic N) is 1. The molecule has 2 aromatic rings. The van der Waals surface area contributed by atoms with Gasteiger partial charge in [0.05, 0.1) is 0 Å². The van der Waals surface area contributed by atoms with Crippen LogP contribution in [0.3, 0.4) is 0 Å². The van der Waals surface area contributed by atoms with Gasteiger partial charge < -0.3 is 5.32 Å². The lowest BCUT2D eigenvalue weighted by Gasteiger charge is -2.07. The number of hydrogen-bond acceptors (Lipinski definition) is 3. The molecule has 1 heterocycles. The van der Waals surface area contributed by atoms with Crippen molar-refractivity contribution in [1.82, 2.24) is 4.98 Å². The molecule has 0 bridgehead atoms. The first-order valence-electron chi connectivity index (χ1n) is 5.82. The van der Waals surface area contributed by atoms with Gasteiger partial charge in [-0.1, -0.05) is 6.07 Å². The molecule has 2 amide bonds. The Hall–Kier alpha value is -2.01. The van der Waals surface area contributed by atoms with Crippen LogP contribution in [0.25, 0.3) is 0 Å². The van der Waals surface area contributed by atoms with E-state index in [4.69, 9.17) is 0 Å². The Morgan fingerprint density at radius 1 is 1.11 bits per heavy atom. The molecule has 0 atom stereocenters. The van der Waals surface area contributed by atoms with Crippen molar-refractivity contribution in [3.63, 3.8) is 0 Å². The summed E-state index contributed by atoms with van der Waals surface area (Å²) in [4.78, 5) is 17.0. The van der Waals surface area contributed by atoms with Gasteiger partial charge in [-0.3, -0.25) is 5.32 Å². The maximum absolute atomic E-state index is 11.8. The highest BCUT2D eigenvalue weighted by molar-refractivity contribution is 7.98. The highest BCUT2D eigenvalue weighted by Gasteiger charge is 2.03. The molecule has 98 valence electrons. The molecular formula is C14H15N3OS. The molecule has 2 rings (SSSR count). The van der Waals surface area contributed by atoms with E-state index in [2.05, 4.69) is 15.6 Å². The summed E-state index contributed by atoms with van der Waals surface area (Å²) in [6.45, 7) is 1.95. The minimum atomic E-state index is -0.298. The Bertz CT molecular complexity index is 552. The number of carbonyl (C=O) groups excluding carboxylic acids is 1. The van der Waals surface area contributed by atoms with Crippen molar-refractivity contribution in [2.24, 2.45) is 0 Å². The lowest BCUT2D eigenvalue weighted by molar-refractivity contribution is 0.262. The molecule has 1 aromatic carbocycles. The van der Waals surface area contributed by atoms with Gasteiger partial charge in [0.1, 0.15) is 5.82 Å². The minimum absolute atomic E-state index is 0.298. The van der Waals surface area contributed by atoms with Gasteiger partial charge in [0.15, 0.2) is 0 Å². The molecule has 1 aromatic heterocycles. The first-order chi connectivity index (χ1) is 9.17. The number of nitrogens with one attached hydrogen (secondary N) is 2. The summed E-state index contributed by atoms with van der Waals surface area (Å²) in [6.07, 6.45) is 3.72. The van der Waals surface area contributed by atoms with Crippen LogP contribution in [0.2, 0.25) is 0 Å². The van der Waals surface area contributed by atoms with Gasteiger partial charge in [-0.2, -0.15) is 0 Å². The summed E-state index contributed by atoms with van der Waals surface area (Å²) >= 11 is 1.66. The molecule has 0 unspecified atom stereocenters. The third-order valence-corrected chi connectivity index (χ3v) is 3.24. The number of amides is 2. The van der Waals surface area contributed by atoms with E-state index >= 15 is 0 Å². The Labute approximate surface area is 116 Å². The average molecular weight is 273 g/mol. The van der Waals surface area contributed by atoms with Gasteiger partial charge in [0.2, 0.25) is 0 Å². The third-order valence-electron chi connectivity index (χ3n) is 2.50. The molecular weight excluding hydrogens is 258 g/mol. The first kappa shape index (κ1) is 13.4. The molecule has 0 aliphatic rings. The lowest BCUT2D eigenvalue weighted by atomic mass is 10.3. The topological polar surface area (TPSA) is 54.0 Å². The van der Waals surface area contributed by atoms with Crippen molar-refractivity contribution in [3.05, 3.63) is 48.2 Å². The van der Waals surface area contributed by atoms with Gasteiger partial charge in [0.25, 0.3) is 0 Å². The second kappa shape index (κ2) is 6.24. The number of thioether (sulfide) groups is 1. The van der Waals surface area contributed by atoms with Gasteiger partial charge in [0, 0.05) is 16.8 Å². The largest absolute Gasteiger partial charge is 0.324 e. The normalized spacial score (nSPS) is 10.0. The molecule has 0 aliphatic heterocycles. The number of aryl methyl sites for hydroxylation is 1. The van der Waals surface area contributed by atoms with Crippen LogP contribution in [0.4, 0.5) is 16.3 Å². The quantitative estimate of drug-likeness (QED) is 0.837. The lowest BCUT2D eigenvalue weighted by Crippen LogP contribution is -2.19. The van der Waals surface area contributed by atoms with Gasteiger partial charge in [-0.05, 0) is 49.1 Å². The van der Waals surface area contributed by atoms with E-state index in [1.54, 1.807) is 24.0 Å². The zero-order chi connectivity index (χ0) is 13.7. The second-order valence-electron chi connectivity index (χ2n) is 4.03. The summed E-state index contributed by atoms with van der Waals surface area (Å²) in [5.41, 5.74) is 1.81. The first-order valence-corrected chi connectivity index (χ1v) is 7.04. The molecule has 0 spiro atoms. The summed E-state index contributed by atoms with van der Waals surface area (Å²) in [7, 11) is 0. The third kappa shape index (κ3) is 3.99. The minimum Gasteiger partial charge on any atom is -0.308 e. The van der Waals surface area contributed by atoms with Gasteiger partial charge >= 0.3 is 6.03 Å². The predicted molar refractivity (Wildman–Crippen MR) is 79.8 cm³/mol. The molecule has 0 aliphatic carbocycles. The van der Waals surface area contributed by atoms with E-state index in [-0.39, 0.29) is 6.03 Å². The fourth-order valence-electron chi connectivity index (χ4n) is 1.49. The molecule has 19 heavy (non-hydrogen) atoms. The van der Waals surface area contributed by atoms with E-state index in [1.807, 2.05) is 43.5 Å². The van der Waals surface area contributed by atoms with Crippen molar-refractivity contribution in [2.75, 3.05) is 16.9 Å². The number of anilines is 2. The number of hydrogen-bond donors (Lipinski definition) is 2. The fraction of sp³-hybridized carbons (Fsp3) is 0.143. The number of urea groups is 1. The van der Waals surface area contributed by atoms with Crippen molar-refractivity contribution in [1.29, 1.82) is 0 Å². The SMILES string of the molecule is CSc1ccc(NC(=O)Nc2ccc(C)cn2)cc1. The monoisotopic (exact) mass is 273 g/mol. The van der Waals surface area contributed by atoms with Crippen molar-refractivity contribution >= 4 is 29.3 Å². The Balaban J connectivity index is 1.95. The van der Waals surface area contributed by atoms with Gasteiger partial charge in [-0.15, -0.1) is 11.8 Å².